The lowest BCUT2D eigenvalue weighted by Gasteiger charge is -2.10. The summed E-state index contributed by atoms with van der Waals surface area (Å²) in [4.78, 5) is 29.5. The normalized spacial score (nSPS) is 22.4. The largest absolute Gasteiger partial charge is 0.497 e. The maximum Gasteiger partial charge on any atom is 0.269 e. The van der Waals surface area contributed by atoms with Crippen molar-refractivity contribution in [1.29, 1.82) is 0 Å². The summed E-state index contributed by atoms with van der Waals surface area (Å²) in [6.07, 6.45) is 1.08. The number of nitrogens with one attached hydrogen (secondary N) is 2. The molecule has 2 fully saturated rings. The van der Waals surface area contributed by atoms with Crippen LogP contribution in [-0.2, 0) is 6.42 Å². The van der Waals surface area contributed by atoms with Crippen LogP contribution in [0.2, 0.25) is 0 Å². The molecular formula is C22H25N3O3. The molecule has 2 heterocycles. The molecule has 4 rings (SSSR count). The van der Waals surface area contributed by atoms with Crippen molar-refractivity contribution in [2.75, 3.05) is 27.2 Å². The number of pyridine rings is 1. The summed E-state index contributed by atoms with van der Waals surface area (Å²) in [5.41, 5.74) is 2.57. The van der Waals surface area contributed by atoms with Gasteiger partial charge in [-0.05, 0) is 60.7 Å². The highest BCUT2D eigenvalue weighted by atomic mass is 16.5. The number of fused-ring (bicyclic) bond motifs is 1. The monoisotopic (exact) mass is 379 g/mol. The summed E-state index contributed by atoms with van der Waals surface area (Å²) in [6, 6.07) is 11.2. The molecule has 146 valence electrons. The Hall–Kier alpha value is -2.73. The third kappa shape index (κ3) is 3.78. The van der Waals surface area contributed by atoms with Crippen molar-refractivity contribution in [2.24, 2.45) is 17.8 Å². The zero-order chi connectivity index (χ0) is 19.7. The molecule has 3 atom stereocenters. The number of carbonyl (C=O) groups excluding carboxylic acids is 2. The van der Waals surface area contributed by atoms with E-state index in [1.165, 1.54) is 0 Å². The van der Waals surface area contributed by atoms with Gasteiger partial charge in [-0.15, -0.1) is 0 Å². The van der Waals surface area contributed by atoms with E-state index in [0.29, 0.717) is 41.9 Å². The molecule has 1 unspecified atom stereocenters. The molecule has 1 aromatic heterocycles. The number of Topliss-reactive ketones (excluding diaryl/α,β-unsaturated/α-hetero) is 1. The van der Waals surface area contributed by atoms with Crippen LogP contribution in [0.4, 0.5) is 0 Å². The van der Waals surface area contributed by atoms with Gasteiger partial charge >= 0.3 is 0 Å². The van der Waals surface area contributed by atoms with Gasteiger partial charge in [0.25, 0.3) is 5.91 Å². The van der Waals surface area contributed by atoms with Crippen LogP contribution in [0.1, 0.15) is 38.5 Å². The summed E-state index contributed by atoms with van der Waals surface area (Å²) < 4.78 is 5.28. The molecule has 1 aromatic carbocycles. The average Bonchev–Trinajstić information content (AvgIpc) is 3.13. The first-order valence-electron chi connectivity index (χ1n) is 9.69. The minimum absolute atomic E-state index is 0.0962. The first-order valence-corrected chi connectivity index (χ1v) is 9.69. The molecule has 0 spiro atoms. The second-order valence-corrected chi connectivity index (χ2v) is 7.62. The first kappa shape index (κ1) is 18.6. The van der Waals surface area contributed by atoms with Gasteiger partial charge in [-0.3, -0.25) is 9.59 Å². The van der Waals surface area contributed by atoms with Gasteiger partial charge in [0.05, 0.1) is 7.11 Å². The second-order valence-electron chi connectivity index (χ2n) is 7.62. The first-order chi connectivity index (χ1) is 13.6. The smallest absolute Gasteiger partial charge is 0.269 e. The summed E-state index contributed by atoms with van der Waals surface area (Å²) >= 11 is 0. The Morgan fingerprint density at radius 1 is 1.21 bits per heavy atom. The zero-order valence-electron chi connectivity index (χ0n) is 16.2. The minimum atomic E-state index is -0.283. The van der Waals surface area contributed by atoms with Crippen molar-refractivity contribution < 1.29 is 14.3 Å². The van der Waals surface area contributed by atoms with Gasteiger partial charge in [0.15, 0.2) is 5.78 Å². The Labute approximate surface area is 164 Å². The van der Waals surface area contributed by atoms with E-state index < -0.39 is 0 Å². The number of ketones is 1. The summed E-state index contributed by atoms with van der Waals surface area (Å²) in [6.45, 7) is 2.03. The van der Waals surface area contributed by atoms with Crippen molar-refractivity contribution >= 4 is 11.7 Å². The molecule has 0 radical (unpaired) electrons. The number of nitrogens with zero attached hydrogens (tertiary/aromatic N) is 1. The molecule has 28 heavy (non-hydrogen) atoms. The number of carbonyl (C=O) groups is 2. The number of ether oxygens (including phenoxy) is 1. The van der Waals surface area contributed by atoms with Gasteiger partial charge in [-0.1, -0.05) is 12.1 Å². The number of amides is 1. The molecule has 6 nitrogen and oxygen atoms in total. The van der Waals surface area contributed by atoms with E-state index >= 15 is 0 Å². The fraction of sp³-hybridized carbons (Fsp3) is 0.409. The van der Waals surface area contributed by atoms with Crippen LogP contribution in [0.15, 0.2) is 36.4 Å². The van der Waals surface area contributed by atoms with E-state index in [9.17, 15) is 9.59 Å². The van der Waals surface area contributed by atoms with Crippen molar-refractivity contribution in [2.45, 2.75) is 12.8 Å². The van der Waals surface area contributed by atoms with Gasteiger partial charge in [-0.25, -0.2) is 4.98 Å². The maximum absolute atomic E-state index is 12.9. The number of benzene rings is 1. The standard InChI is InChI=1S/C22H25N3O3/c1-23-22(27)20-9-14(21(26)10-17-18-11-24-12-19(17)18)8-15(25-20)6-13-4-3-5-16(7-13)28-2/h3-5,7-9,17-19,24H,6,10-12H2,1-2H3,(H,23,27)/t17?,18-,19+. The molecule has 1 aliphatic heterocycles. The predicted octanol–water partition coefficient (Wildman–Crippen LogP) is 2.08. The highest BCUT2D eigenvalue weighted by Gasteiger charge is 2.53. The third-order valence-electron chi connectivity index (χ3n) is 5.87. The number of hydrogen-bond acceptors (Lipinski definition) is 5. The Morgan fingerprint density at radius 3 is 2.71 bits per heavy atom. The summed E-state index contributed by atoms with van der Waals surface area (Å²) in [5, 5.41) is 5.96. The molecule has 2 aromatic rings. The Bertz CT molecular complexity index is 902. The second kappa shape index (κ2) is 7.72. The molecule has 1 aliphatic carbocycles. The van der Waals surface area contributed by atoms with Gasteiger partial charge in [0.2, 0.25) is 0 Å². The molecule has 2 aliphatic rings. The Balaban J connectivity index is 1.57. The van der Waals surface area contributed by atoms with Crippen LogP contribution in [-0.4, -0.2) is 43.9 Å². The summed E-state index contributed by atoms with van der Waals surface area (Å²) in [7, 11) is 3.20. The van der Waals surface area contributed by atoms with Crippen molar-refractivity contribution in [1.82, 2.24) is 15.6 Å². The molecule has 1 saturated heterocycles. The molecule has 0 bridgehead atoms. The van der Waals surface area contributed by atoms with E-state index in [-0.39, 0.29) is 17.4 Å². The van der Waals surface area contributed by atoms with Crippen molar-refractivity contribution in [3.8, 4) is 5.75 Å². The lowest BCUT2D eigenvalue weighted by atomic mass is 10.0. The number of aromatic nitrogens is 1. The lowest BCUT2D eigenvalue weighted by molar-refractivity contribution is 0.0958. The van der Waals surface area contributed by atoms with Crippen LogP contribution in [0.5, 0.6) is 5.75 Å². The highest BCUT2D eigenvalue weighted by Crippen LogP contribution is 2.51. The van der Waals surface area contributed by atoms with E-state index in [1.54, 1.807) is 20.2 Å². The number of methoxy groups -OCH3 is 1. The summed E-state index contributed by atoms with van der Waals surface area (Å²) in [5.74, 6) is 2.34. The maximum atomic E-state index is 12.9. The van der Waals surface area contributed by atoms with Crippen LogP contribution >= 0.6 is 0 Å². The van der Waals surface area contributed by atoms with Gasteiger partial charge in [-0.2, -0.15) is 0 Å². The van der Waals surface area contributed by atoms with E-state index in [1.807, 2.05) is 30.3 Å². The van der Waals surface area contributed by atoms with Gasteiger partial charge in [0.1, 0.15) is 11.4 Å². The Morgan fingerprint density at radius 2 is 2.00 bits per heavy atom. The SMILES string of the molecule is CNC(=O)c1cc(C(=O)CC2[C@H]3CNC[C@@H]23)cc(Cc2cccc(OC)c2)n1. The van der Waals surface area contributed by atoms with Crippen LogP contribution in [0, 0.1) is 17.8 Å². The topological polar surface area (TPSA) is 80.3 Å². The van der Waals surface area contributed by atoms with Gasteiger partial charge < -0.3 is 15.4 Å². The van der Waals surface area contributed by atoms with E-state index in [2.05, 4.69) is 15.6 Å². The van der Waals surface area contributed by atoms with Crippen LogP contribution in [0.25, 0.3) is 0 Å². The van der Waals surface area contributed by atoms with Crippen LogP contribution < -0.4 is 15.4 Å². The van der Waals surface area contributed by atoms with E-state index in [4.69, 9.17) is 4.74 Å². The number of rotatable bonds is 7. The minimum Gasteiger partial charge on any atom is -0.497 e. The number of hydrogen-bond donors (Lipinski definition) is 2. The molecule has 1 saturated carbocycles. The third-order valence-corrected chi connectivity index (χ3v) is 5.87. The van der Waals surface area contributed by atoms with Crippen molar-refractivity contribution in [3.05, 3.63) is 58.9 Å². The fourth-order valence-electron chi connectivity index (χ4n) is 4.26. The molecule has 1 amide bonds. The molecule has 6 heteroatoms. The van der Waals surface area contributed by atoms with Gasteiger partial charge in [0, 0.05) is 31.1 Å². The average molecular weight is 379 g/mol. The van der Waals surface area contributed by atoms with Crippen molar-refractivity contribution in [3.63, 3.8) is 0 Å². The highest BCUT2D eigenvalue weighted by molar-refractivity contribution is 6.00. The molecular weight excluding hydrogens is 354 g/mol. The predicted molar refractivity (Wildman–Crippen MR) is 106 cm³/mol. The number of piperidine rings is 1. The molecule has 2 N–H and O–H groups in total. The quantitative estimate of drug-likeness (QED) is 0.720. The lowest BCUT2D eigenvalue weighted by Crippen LogP contribution is -2.21. The fourth-order valence-corrected chi connectivity index (χ4v) is 4.26. The van der Waals surface area contributed by atoms with Crippen LogP contribution in [0.3, 0.4) is 0 Å². The Kier molecular flexibility index (Phi) is 5.13. The zero-order valence-corrected chi connectivity index (χ0v) is 16.2. The van der Waals surface area contributed by atoms with E-state index in [0.717, 1.165) is 24.4 Å².